The fraction of sp³-hybridized carbons (Fsp3) is 0.310. The topological polar surface area (TPSA) is 86.8 Å². The maximum Gasteiger partial charge on any atom is 0.264 e. The van der Waals surface area contributed by atoms with E-state index in [0.29, 0.717) is 16.6 Å². The first kappa shape index (κ1) is 30.5. The first-order valence-electron chi connectivity index (χ1n) is 12.7. The monoisotopic (exact) mass is 589 g/mol. The summed E-state index contributed by atoms with van der Waals surface area (Å²) in [6.07, 6.45) is 1.73. The molecule has 208 valence electrons. The molecular formula is C29H33Cl2N3O4S. The Morgan fingerprint density at radius 1 is 0.949 bits per heavy atom. The molecule has 0 spiro atoms. The van der Waals surface area contributed by atoms with E-state index >= 15 is 0 Å². The second-order valence-corrected chi connectivity index (χ2v) is 11.9. The molecule has 3 aromatic carbocycles. The highest BCUT2D eigenvalue weighted by atomic mass is 35.5. The standard InChI is InChI=1S/C29H33Cl2N3O4S/c1-4-5-17-32-29(36)22(3)33(19-23-10-7-6-9-21(23)2)28(35)20-34(26-12-8-11-25(31)18-26)39(37,38)27-15-13-24(30)14-16-27/h6-16,18,22H,4-5,17,19-20H2,1-3H3,(H,32,36). The predicted molar refractivity (Wildman–Crippen MR) is 157 cm³/mol. The Balaban J connectivity index is 2.01. The first-order valence-corrected chi connectivity index (χ1v) is 14.9. The quantitative estimate of drug-likeness (QED) is 0.269. The molecule has 2 amide bonds. The Labute approximate surface area is 240 Å². The van der Waals surface area contributed by atoms with Crippen molar-refractivity contribution in [1.82, 2.24) is 10.2 Å². The van der Waals surface area contributed by atoms with Crippen LogP contribution in [-0.2, 0) is 26.2 Å². The van der Waals surface area contributed by atoms with Gasteiger partial charge in [-0.05, 0) is 73.9 Å². The van der Waals surface area contributed by atoms with Crippen molar-refractivity contribution < 1.29 is 18.0 Å². The fourth-order valence-electron chi connectivity index (χ4n) is 3.98. The van der Waals surface area contributed by atoms with E-state index in [2.05, 4.69) is 5.32 Å². The van der Waals surface area contributed by atoms with Crippen molar-refractivity contribution >= 4 is 50.7 Å². The van der Waals surface area contributed by atoms with E-state index in [1.54, 1.807) is 25.1 Å². The minimum Gasteiger partial charge on any atom is -0.354 e. The minimum atomic E-state index is -4.19. The molecule has 0 aliphatic heterocycles. The van der Waals surface area contributed by atoms with Crippen LogP contribution in [-0.4, -0.2) is 44.3 Å². The molecule has 39 heavy (non-hydrogen) atoms. The molecule has 0 saturated heterocycles. The highest BCUT2D eigenvalue weighted by Crippen LogP contribution is 2.27. The molecule has 7 nitrogen and oxygen atoms in total. The van der Waals surface area contributed by atoms with Crippen molar-refractivity contribution in [2.45, 2.75) is 51.1 Å². The molecule has 3 rings (SSSR count). The first-order chi connectivity index (χ1) is 18.5. The summed E-state index contributed by atoms with van der Waals surface area (Å²) >= 11 is 12.2. The van der Waals surface area contributed by atoms with Crippen molar-refractivity contribution in [3.63, 3.8) is 0 Å². The number of aryl methyl sites for hydroxylation is 1. The summed E-state index contributed by atoms with van der Waals surface area (Å²) in [5.41, 5.74) is 2.03. The van der Waals surface area contributed by atoms with Gasteiger partial charge in [0.15, 0.2) is 0 Å². The van der Waals surface area contributed by atoms with Gasteiger partial charge in [0, 0.05) is 23.1 Å². The van der Waals surface area contributed by atoms with E-state index in [-0.39, 0.29) is 23.0 Å². The van der Waals surface area contributed by atoms with Gasteiger partial charge in [-0.25, -0.2) is 8.42 Å². The lowest BCUT2D eigenvalue weighted by Crippen LogP contribution is -2.51. The summed E-state index contributed by atoms with van der Waals surface area (Å²) in [4.78, 5) is 28.3. The number of nitrogens with zero attached hydrogens (tertiary/aromatic N) is 2. The number of unbranched alkanes of at least 4 members (excludes halogenated alkanes) is 1. The number of rotatable bonds is 12. The maximum absolute atomic E-state index is 13.9. The van der Waals surface area contributed by atoms with Gasteiger partial charge in [0.1, 0.15) is 12.6 Å². The third kappa shape index (κ3) is 7.97. The number of halogens is 2. The lowest BCUT2D eigenvalue weighted by Gasteiger charge is -2.32. The number of hydrogen-bond acceptors (Lipinski definition) is 4. The van der Waals surface area contributed by atoms with Crippen molar-refractivity contribution in [1.29, 1.82) is 0 Å². The van der Waals surface area contributed by atoms with Crippen LogP contribution in [0.15, 0.2) is 77.7 Å². The number of benzene rings is 3. The smallest absolute Gasteiger partial charge is 0.264 e. The van der Waals surface area contributed by atoms with E-state index in [4.69, 9.17) is 23.2 Å². The molecule has 0 aliphatic carbocycles. The van der Waals surface area contributed by atoms with Gasteiger partial charge in [-0.3, -0.25) is 13.9 Å². The summed E-state index contributed by atoms with van der Waals surface area (Å²) in [5.74, 6) is -0.839. The van der Waals surface area contributed by atoms with Crippen LogP contribution < -0.4 is 9.62 Å². The third-order valence-electron chi connectivity index (χ3n) is 6.38. The van der Waals surface area contributed by atoms with Crippen LogP contribution >= 0.6 is 23.2 Å². The van der Waals surface area contributed by atoms with Crippen molar-refractivity contribution in [3.8, 4) is 0 Å². The van der Waals surface area contributed by atoms with Crippen LogP contribution in [0.4, 0.5) is 5.69 Å². The lowest BCUT2D eigenvalue weighted by atomic mass is 10.1. The summed E-state index contributed by atoms with van der Waals surface area (Å²) in [5, 5.41) is 3.58. The van der Waals surface area contributed by atoms with Gasteiger partial charge in [-0.15, -0.1) is 0 Å². The lowest BCUT2D eigenvalue weighted by molar-refractivity contribution is -0.139. The van der Waals surface area contributed by atoms with Gasteiger partial charge in [-0.2, -0.15) is 0 Å². The highest BCUT2D eigenvalue weighted by Gasteiger charge is 2.32. The number of carbonyl (C=O) groups is 2. The van der Waals surface area contributed by atoms with E-state index in [1.807, 2.05) is 38.1 Å². The number of nitrogens with one attached hydrogen (secondary N) is 1. The molecular weight excluding hydrogens is 557 g/mol. The number of hydrogen-bond donors (Lipinski definition) is 1. The van der Waals surface area contributed by atoms with Crippen LogP contribution in [0.1, 0.15) is 37.8 Å². The molecule has 3 aromatic rings. The van der Waals surface area contributed by atoms with E-state index in [0.717, 1.165) is 28.3 Å². The maximum atomic E-state index is 13.9. The van der Waals surface area contributed by atoms with Gasteiger partial charge < -0.3 is 10.2 Å². The van der Waals surface area contributed by atoms with Crippen molar-refractivity contribution in [3.05, 3.63) is 94.0 Å². The summed E-state index contributed by atoms with van der Waals surface area (Å²) in [6, 6.07) is 18.7. The van der Waals surface area contributed by atoms with Crippen molar-refractivity contribution in [2.75, 3.05) is 17.4 Å². The SMILES string of the molecule is CCCCNC(=O)C(C)N(Cc1ccccc1C)C(=O)CN(c1cccc(Cl)c1)S(=O)(=O)c1ccc(Cl)cc1. The number of carbonyl (C=O) groups excluding carboxylic acids is 2. The van der Waals surface area contributed by atoms with E-state index in [9.17, 15) is 18.0 Å². The third-order valence-corrected chi connectivity index (χ3v) is 8.65. The Kier molecular flexibility index (Phi) is 10.8. The van der Waals surface area contributed by atoms with Gasteiger partial charge in [0.2, 0.25) is 11.8 Å². The van der Waals surface area contributed by atoms with Gasteiger partial charge in [0.25, 0.3) is 10.0 Å². The van der Waals surface area contributed by atoms with Gasteiger partial charge in [-0.1, -0.05) is 66.9 Å². The molecule has 1 unspecified atom stereocenters. The van der Waals surface area contributed by atoms with Gasteiger partial charge >= 0.3 is 0 Å². The Morgan fingerprint density at radius 2 is 1.64 bits per heavy atom. The molecule has 0 heterocycles. The largest absolute Gasteiger partial charge is 0.354 e. The average Bonchev–Trinajstić information content (AvgIpc) is 2.91. The van der Waals surface area contributed by atoms with Crippen LogP contribution in [0.2, 0.25) is 10.0 Å². The normalized spacial score (nSPS) is 12.0. The van der Waals surface area contributed by atoms with Crippen LogP contribution in [0.3, 0.4) is 0 Å². The summed E-state index contributed by atoms with van der Waals surface area (Å²) in [7, 11) is -4.19. The fourth-order valence-corrected chi connectivity index (χ4v) is 5.70. The van der Waals surface area contributed by atoms with Crippen LogP contribution in [0.25, 0.3) is 0 Å². The molecule has 10 heteroatoms. The van der Waals surface area contributed by atoms with E-state index in [1.165, 1.54) is 35.2 Å². The minimum absolute atomic E-state index is 0.0320. The number of anilines is 1. The molecule has 0 radical (unpaired) electrons. The highest BCUT2D eigenvalue weighted by molar-refractivity contribution is 7.92. The van der Waals surface area contributed by atoms with Crippen LogP contribution in [0.5, 0.6) is 0 Å². The summed E-state index contributed by atoms with van der Waals surface area (Å²) < 4.78 is 28.6. The molecule has 1 atom stereocenters. The number of sulfonamides is 1. The molecule has 0 fully saturated rings. The Bertz CT molecular complexity index is 1400. The zero-order chi connectivity index (χ0) is 28.6. The average molecular weight is 591 g/mol. The zero-order valence-corrected chi connectivity index (χ0v) is 24.6. The van der Waals surface area contributed by atoms with Crippen LogP contribution in [0, 0.1) is 6.92 Å². The summed E-state index contributed by atoms with van der Waals surface area (Å²) in [6.45, 7) is 5.69. The molecule has 0 aromatic heterocycles. The second kappa shape index (κ2) is 13.8. The molecule has 1 N–H and O–H groups in total. The molecule has 0 saturated carbocycles. The van der Waals surface area contributed by atoms with Gasteiger partial charge in [0.05, 0.1) is 10.6 Å². The second-order valence-electron chi connectivity index (χ2n) is 9.21. The Morgan fingerprint density at radius 3 is 2.28 bits per heavy atom. The molecule has 0 bridgehead atoms. The van der Waals surface area contributed by atoms with E-state index < -0.39 is 28.5 Å². The molecule has 0 aliphatic rings. The predicted octanol–water partition coefficient (Wildman–Crippen LogP) is 5.83. The van der Waals surface area contributed by atoms with Crippen molar-refractivity contribution in [2.24, 2.45) is 0 Å². The zero-order valence-electron chi connectivity index (χ0n) is 22.2. The Hall–Kier alpha value is -3.07. The number of amides is 2.